The third-order valence-electron chi connectivity index (χ3n) is 8.41. The van der Waals surface area contributed by atoms with Crippen LogP contribution in [-0.4, -0.2) is 65.7 Å². The number of hydrogen-bond acceptors (Lipinski definition) is 8. The summed E-state index contributed by atoms with van der Waals surface area (Å²) in [7, 11) is -3.84. The molecule has 3 fully saturated rings. The summed E-state index contributed by atoms with van der Waals surface area (Å²) in [5.74, 6) is -0.341. The van der Waals surface area contributed by atoms with Gasteiger partial charge in [0.1, 0.15) is 6.10 Å². The number of esters is 1. The molecule has 35 heavy (non-hydrogen) atoms. The molecule has 10 nitrogen and oxygen atoms in total. The number of ether oxygens (including phenoxy) is 1. The van der Waals surface area contributed by atoms with Crippen molar-refractivity contribution < 1.29 is 33.1 Å². The summed E-state index contributed by atoms with van der Waals surface area (Å²) in [5, 5.41) is 32.1. The van der Waals surface area contributed by atoms with E-state index < -0.39 is 26.5 Å². The van der Waals surface area contributed by atoms with E-state index in [1.165, 1.54) is 35.5 Å². The molecule has 1 aliphatic heterocycles. The molecular formula is C24H34N2O8S. The van der Waals surface area contributed by atoms with Crippen LogP contribution in [0.4, 0.5) is 5.69 Å². The molecule has 0 amide bonds. The lowest BCUT2D eigenvalue weighted by Gasteiger charge is -2.49. The van der Waals surface area contributed by atoms with Crippen LogP contribution in [-0.2, 0) is 19.6 Å². The van der Waals surface area contributed by atoms with E-state index in [1.807, 2.05) is 0 Å². The molecule has 2 saturated carbocycles. The number of rotatable bonds is 5. The number of aliphatic hydroxyl groups is 2. The maximum absolute atomic E-state index is 13.3. The molecule has 194 valence electrons. The monoisotopic (exact) mass is 510 g/mol. The van der Waals surface area contributed by atoms with Crippen molar-refractivity contribution in [3.63, 3.8) is 0 Å². The van der Waals surface area contributed by atoms with Crippen molar-refractivity contribution in [2.24, 2.45) is 23.2 Å². The van der Waals surface area contributed by atoms with Crippen molar-refractivity contribution in [1.82, 2.24) is 4.31 Å². The predicted molar refractivity (Wildman–Crippen MR) is 126 cm³/mol. The highest BCUT2D eigenvalue weighted by Crippen LogP contribution is 2.61. The first kappa shape index (κ1) is 26.0. The van der Waals surface area contributed by atoms with Gasteiger partial charge in [0.15, 0.2) is 0 Å². The Labute approximate surface area is 205 Å². The number of carbonyl (C=O) groups is 1. The zero-order chi connectivity index (χ0) is 25.4. The Morgan fingerprint density at radius 1 is 1.20 bits per heavy atom. The number of nitrogens with zero attached hydrogens (tertiary/aromatic N) is 2. The zero-order valence-corrected chi connectivity index (χ0v) is 20.7. The van der Waals surface area contributed by atoms with E-state index in [0.29, 0.717) is 38.5 Å². The molecule has 0 aromatic heterocycles. The number of sulfonamides is 1. The van der Waals surface area contributed by atoms with Gasteiger partial charge < -0.3 is 14.9 Å². The lowest BCUT2D eigenvalue weighted by molar-refractivity contribution is -0.384. The molecule has 3 aliphatic rings. The first-order chi connectivity index (χ1) is 16.6. The highest BCUT2D eigenvalue weighted by Gasteiger charge is 2.61. The van der Waals surface area contributed by atoms with E-state index >= 15 is 0 Å². The van der Waals surface area contributed by atoms with Crippen molar-refractivity contribution in [3.05, 3.63) is 34.4 Å². The van der Waals surface area contributed by atoms with Crippen molar-refractivity contribution in [2.75, 3.05) is 19.7 Å². The Bertz CT molecular complexity index is 1050. The first-order valence-electron chi connectivity index (χ1n) is 12.3. The first-order valence-corrected chi connectivity index (χ1v) is 13.7. The van der Waals surface area contributed by atoms with Gasteiger partial charge in [0, 0.05) is 50.1 Å². The summed E-state index contributed by atoms with van der Waals surface area (Å²) in [4.78, 5) is 22.2. The Kier molecular flexibility index (Phi) is 7.51. The van der Waals surface area contributed by atoms with Crippen LogP contribution in [0.25, 0.3) is 0 Å². The summed E-state index contributed by atoms with van der Waals surface area (Å²) >= 11 is 0. The van der Waals surface area contributed by atoms with E-state index in [2.05, 4.69) is 0 Å². The van der Waals surface area contributed by atoms with Gasteiger partial charge in [-0.3, -0.25) is 14.9 Å². The number of carbonyl (C=O) groups excluding carboxylic acids is 1. The molecule has 0 radical (unpaired) electrons. The third-order valence-corrected chi connectivity index (χ3v) is 10.3. The molecule has 1 saturated heterocycles. The van der Waals surface area contributed by atoms with Gasteiger partial charge in [-0.2, -0.15) is 4.31 Å². The lowest BCUT2D eigenvalue weighted by Crippen LogP contribution is -2.50. The normalized spacial score (nSPS) is 34.1. The van der Waals surface area contributed by atoms with Crippen LogP contribution >= 0.6 is 0 Å². The van der Waals surface area contributed by atoms with Gasteiger partial charge in [-0.1, -0.05) is 0 Å². The van der Waals surface area contributed by atoms with Gasteiger partial charge in [0.2, 0.25) is 10.0 Å². The van der Waals surface area contributed by atoms with Crippen molar-refractivity contribution in [1.29, 1.82) is 0 Å². The third kappa shape index (κ3) is 4.83. The molecule has 1 heterocycles. The van der Waals surface area contributed by atoms with Crippen molar-refractivity contribution >= 4 is 21.7 Å². The average molecular weight is 511 g/mol. The SMILES string of the molecule is CC(=O)O[C@H]1C[C@@H]2CC(CO)CC(O)C23CCCN(S(=O)(=O)c2ccc([N+](=O)[O-])cc2)CCC[C@H]13. The van der Waals surface area contributed by atoms with Crippen LogP contribution in [0.2, 0.25) is 0 Å². The number of hydrogen-bond donors (Lipinski definition) is 2. The Morgan fingerprint density at radius 2 is 1.89 bits per heavy atom. The largest absolute Gasteiger partial charge is 0.462 e. The molecule has 1 aromatic carbocycles. The maximum atomic E-state index is 13.3. The van der Waals surface area contributed by atoms with E-state index in [0.717, 1.165) is 6.42 Å². The van der Waals surface area contributed by atoms with Crippen LogP contribution < -0.4 is 0 Å². The summed E-state index contributed by atoms with van der Waals surface area (Å²) in [6, 6.07) is 4.91. The molecule has 3 unspecified atom stereocenters. The van der Waals surface area contributed by atoms with Crippen LogP contribution in [0.1, 0.15) is 51.9 Å². The fraction of sp³-hybridized carbons (Fsp3) is 0.708. The second-order valence-corrected chi connectivity index (χ2v) is 12.2. The number of non-ortho nitro benzene ring substituents is 1. The van der Waals surface area contributed by atoms with Crippen molar-refractivity contribution in [3.8, 4) is 0 Å². The van der Waals surface area contributed by atoms with Gasteiger partial charge >= 0.3 is 5.97 Å². The van der Waals surface area contributed by atoms with Crippen molar-refractivity contribution in [2.45, 2.75) is 69.0 Å². The molecular weight excluding hydrogens is 476 g/mol. The highest BCUT2D eigenvalue weighted by molar-refractivity contribution is 7.89. The minimum absolute atomic E-state index is 0.00370. The lowest BCUT2D eigenvalue weighted by atomic mass is 9.57. The quantitative estimate of drug-likeness (QED) is 0.349. The highest BCUT2D eigenvalue weighted by atomic mass is 32.2. The molecule has 4 rings (SSSR count). The molecule has 0 bridgehead atoms. The molecule has 1 spiro atoms. The van der Waals surface area contributed by atoms with E-state index in [-0.39, 0.29) is 60.1 Å². The van der Waals surface area contributed by atoms with Crippen LogP contribution in [0.15, 0.2) is 29.2 Å². The minimum Gasteiger partial charge on any atom is -0.462 e. The molecule has 6 atom stereocenters. The Hall–Kier alpha value is -2.08. The smallest absolute Gasteiger partial charge is 0.302 e. The van der Waals surface area contributed by atoms with Gasteiger partial charge in [-0.15, -0.1) is 0 Å². The maximum Gasteiger partial charge on any atom is 0.302 e. The summed E-state index contributed by atoms with van der Waals surface area (Å²) in [6.07, 6.45) is 3.21. The van der Waals surface area contributed by atoms with Gasteiger partial charge in [-0.25, -0.2) is 8.42 Å². The van der Waals surface area contributed by atoms with Crippen LogP contribution in [0.3, 0.4) is 0 Å². The second-order valence-electron chi connectivity index (χ2n) is 10.2. The van der Waals surface area contributed by atoms with Gasteiger partial charge in [0.05, 0.1) is 15.9 Å². The molecule has 2 aliphatic carbocycles. The number of aliphatic hydroxyl groups excluding tert-OH is 2. The molecule has 11 heteroatoms. The Morgan fingerprint density at radius 3 is 2.51 bits per heavy atom. The summed E-state index contributed by atoms with van der Waals surface area (Å²) < 4.78 is 33.8. The van der Waals surface area contributed by atoms with E-state index in [1.54, 1.807) is 0 Å². The number of benzene rings is 1. The Balaban J connectivity index is 1.59. The van der Waals surface area contributed by atoms with E-state index in [4.69, 9.17) is 4.74 Å². The fourth-order valence-corrected chi connectivity index (χ4v) is 8.49. The predicted octanol–water partition coefficient (Wildman–Crippen LogP) is 2.48. The molecule has 1 aromatic rings. The number of nitro benzene ring substituents is 1. The fourth-order valence-electron chi connectivity index (χ4n) is 6.97. The summed E-state index contributed by atoms with van der Waals surface area (Å²) in [6.45, 7) is 1.94. The van der Waals surface area contributed by atoms with Gasteiger partial charge in [0.25, 0.3) is 5.69 Å². The molecule has 2 N–H and O–H groups in total. The topological polar surface area (TPSA) is 147 Å². The standard InChI is InChI=1S/C24H34N2O8S/c1-16(28)34-22-14-18-12-17(15-27)13-23(29)24(18)9-3-11-25(10-2-4-21(22)24)35(32,33)20-7-5-19(6-8-20)26(30)31/h5-8,17-18,21-23,27,29H,2-4,9-15H2,1H3/t17?,18-,21+,22-,23?,24?/m0/s1. The van der Waals surface area contributed by atoms with Crippen LogP contribution in [0, 0.1) is 33.3 Å². The summed E-state index contributed by atoms with van der Waals surface area (Å²) in [5.41, 5.74) is -0.644. The van der Waals surface area contributed by atoms with E-state index in [9.17, 15) is 33.5 Å². The van der Waals surface area contributed by atoms with Crippen LogP contribution in [0.5, 0.6) is 0 Å². The zero-order valence-electron chi connectivity index (χ0n) is 19.9. The number of nitro groups is 1. The van der Waals surface area contributed by atoms with Gasteiger partial charge in [-0.05, 0) is 68.9 Å². The average Bonchev–Trinajstić information content (AvgIpc) is 3.14. The second kappa shape index (κ2) is 10.1. The minimum atomic E-state index is -3.84.